The van der Waals surface area contributed by atoms with Gasteiger partial charge in [-0.1, -0.05) is 37.3 Å². The van der Waals surface area contributed by atoms with E-state index in [-0.39, 0.29) is 5.82 Å². The van der Waals surface area contributed by atoms with E-state index in [1.807, 2.05) is 25.2 Å². The molecule has 0 fully saturated rings. The van der Waals surface area contributed by atoms with E-state index in [2.05, 4.69) is 24.4 Å². The number of hydrogen-bond donors (Lipinski definition) is 1. The van der Waals surface area contributed by atoms with Crippen LogP contribution in [0.1, 0.15) is 18.1 Å². The molecule has 0 spiro atoms. The molecule has 1 nitrogen and oxygen atoms in total. The number of rotatable bonds is 4. The largest absolute Gasteiger partial charge is 0.316 e. The molecule has 0 aliphatic rings. The predicted molar refractivity (Wildman–Crippen MR) is 74.0 cm³/mol. The lowest BCUT2D eigenvalue weighted by molar-refractivity contribution is 0.627. The van der Waals surface area contributed by atoms with Crippen LogP contribution in [0.15, 0.2) is 42.5 Å². The van der Waals surface area contributed by atoms with Gasteiger partial charge in [0.2, 0.25) is 0 Å². The van der Waals surface area contributed by atoms with Gasteiger partial charge in [0.05, 0.1) is 0 Å². The number of benzene rings is 2. The summed E-state index contributed by atoms with van der Waals surface area (Å²) in [4.78, 5) is 0. The Hall–Kier alpha value is -1.67. The number of nitrogens with one attached hydrogen (secondary N) is 1. The standard InChI is InChI=1S/C16H18FN/c1-3-12-5-4-6-13(9-12)16-10-15(17)8-7-14(16)11-18-2/h4-10,18H,3,11H2,1-2H3. The summed E-state index contributed by atoms with van der Waals surface area (Å²) in [6.07, 6.45) is 0.991. The number of halogens is 1. The Labute approximate surface area is 108 Å². The summed E-state index contributed by atoms with van der Waals surface area (Å²) in [7, 11) is 1.90. The molecule has 18 heavy (non-hydrogen) atoms. The summed E-state index contributed by atoms with van der Waals surface area (Å²) in [6, 6.07) is 13.3. The third-order valence-electron chi connectivity index (χ3n) is 3.09. The average molecular weight is 243 g/mol. The summed E-state index contributed by atoms with van der Waals surface area (Å²) in [5.41, 5.74) is 4.44. The van der Waals surface area contributed by atoms with Crippen molar-refractivity contribution in [1.82, 2.24) is 5.32 Å². The Morgan fingerprint density at radius 1 is 1.11 bits per heavy atom. The molecule has 0 saturated carbocycles. The molecule has 0 aliphatic heterocycles. The normalized spacial score (nSPS) is 10.6. The Morgan fingerprint density at radius 2 is 1.94 bits per heavy atom. The first kappa shape index (κ1) is 12.8. The fraction of sp³-hybridized carbons (Fsp3) is 0.250. The maximum atomic E-state index is 13.4. The lowest BCUT2D eigenvalue weighted by atomic mass is 9.97. The minimum Gasteiger partial charge on any atom is -0.316 e. The first-order valence-electron chi connectivity index (χ1n) is 6.27. The lowest BCUT2D eigenvalue weighted by Crippen LogP contribution is -2.06. The van der Waals surface area contributed by atoms with Gasteiger partial charge in [0.1, 0.15) is 5.82 Å². The van der Waals surface area contributed by atoms with E-state index in [4.69, 9.17) is 0 Å². The maximum absolute atomic E-state index is 13.4. The van der Waals surface area contributed by atoms with Crippen molar-refractivity contribution < 1.29 is 4.39 Å². The molecule has 0 saturated heterocycles. The highest BCUT2D eigenvalue weighted by Crippen LogP contribution is 2.25. The van der Waals surface area contributed by atoms with E-state index in [9.17, 15) is 4.39 Å². The first-order chi connectivity index (χ1) is 8.74. The molecule has 2 rings (SSSR count). The molecule has 0 unspecified atom stereocenters. The lowest BCUT2D eigenvalue weighted by Gasteiger charge is -2.11. The highest BCUT2D eigenvalue weighted by Gasteiger charge is 2.06. The van der Waals surface area contributed by atoms with Crippen molar-refractivity contribution in [2.24, 2.45) is 0 Å². The van der Waals surface area contributed by atoms with Crippen LogP contribution in [-0.4, -0.2) is 7.05 Å². The second-order valence-electron chi connectivity index (χ2n) is 4.39. The Bertz CT molecular complexity index is 534. The van der Waals surface area contributed by atoms with Crippen molar-refractivity contribution in [3.05, 3.63) is 59.4 Å². The molecule has 1 N–H and O–H groups in total. The Balaban J connectivity index is 2.50. The molecule has 0 atom stereocenters. The van der Waals surface area contributed by atoms with Crippen LogP contribution < -0.4 is 5.32 Å². The minimum absolute atomic E-state index is 0.188. The zero-order chi connectivity index (χ0) is 13.0. The van der Waals surface area contributed by atoms with Gasteiger partial charge in [0, 0.05) is 6.54 Å². The minimum atomic E-state index is -0.188. The van der Waals surface area contributed by atoms with Crippen LogP contribution in [0.25, 0.3) is 11.1 Å². The van der Waals surface area contributed by atoms with Crippen molar-refractivity contribution in [2.45, 2.75) is 19.9 Å². The van der Waals surface area contributed by atoms with E-state index in [1.54, 1.807) is 6.07 Å². The van der Waals surface area contributed by atoms with E-state index < -0.39 is 0 Å². The second kappa shape index (κ2) is 5.78. The van der Waals surface area contributed by atoms with Gasteiger partial charge in [0.15, 0.2) is 0 Å². The maximum Gasteiger partial charge on any atom is 0.123 e. The summed E-state index contributed by atoms with van der Waals surface area (Å²) in [5.74, 6) is -0.188. The number of hydrogen-bond acceptors (Lipinski definition) is 1. The molecule has 2 heteroatoms. The molecule has 0 radical (unpaired) electrons. The highest BCUT2D eigenvalue weighted by atomic mass is 19.1. The molecule has 2 aromatic carbocycles. The van der Waals surface area contributed by atoms with Gasteiger partial charge in [-0.3, -0.25) is 0 Å². The van der Waals surface area contributed by atoms with Crippen LogP contribution in [0, 0.1) is 5.82 Å². The van der Waals surface area contributed by atoms with Gasteiger partial charge >= 0.3 is 0 Å². The van der Waals surface area contributed by atoms with Crippen molar-refractivity contribution >= 4 is 0 Å². The smallest absolute Gasteiger partial charge is 0.123 e. The SMILES string of the molecule is CCc1cccc(-c2cc(F)ccc2CNC)c1. The second-order valence-corrected chi connectivity index (χ2v) is 4.39. The molecule has 0 amide bonds. The van der Waals surface area contributed by atoms with Crippen molar-refractivity contribution in [3.63, 3.8) is 0 Å². The van der Waals surface area contributed by atoms with E-state index >= 15 is 0 Å². The van der Waals surface area contributed by atoms with Crippen LogP contribution in [0.4, 0.5) is 4.39 Å². The van der Waals surface area contributed by atoms with Gasteiger partial charge in [-0.2, -0.15) is 0 Å². The summed E-state index contributed by atoms with van der Waals surface area (Å²) in [5, 5.41) is 3.12. The van der Waals surface area contributed by atoms with Gasteiger partial charge in [-0.15, -0.1) is 0 Å². The first-order valence-corrected chi connectivity index (χ1v) is 6.27. The van der Waals surface area contributed by atoms with Crippen LogP contribution in [0.3, 0.4) is 0 Å². The molecular weight excluding hydrogens is 225 g/mol. The zero-order valence-electron chi connectivity index (χ0n) is 10.8. The number of aryl methyl sites for hydroxylation is 1. The van der Waals surface area contributed by atoms with Gasteiger partial charge < -0.3 is 5.32 Å². The average Bonchev–Trinajstić information content (AvgIpc) is 2.41. The van der Waals surface area contributed by atoms with Gasteiger partial charge in [0.25, 0.3) is 0 Å². The topological polar surface area (TPSA) is 12.0 Å². The molecule has 0 aromatic heterocycles. The molecule has 0 heterocycles. The van der Waals surface area contributed by atoms with E-state index in [0.29, 0.717) is 0 Å². The highest BCUT2D eigenvalue weighted by molar-refractivity contribution is 5.68. The van der Waals surface area contributed by atoms with Crippen molar-refractivity contribution in [2.75, 3.05) is 7.05 Å². The van der Waals surface area contributed by atoms with E-state index in [0.717, 1.165) is 29.7 Å². The van der Waals surface area contributed by atoms with Crippen molar-refractivity contribution in [1.29, 1.82) is 0 Å². The third-order valence-corrected chi connectivity index (χ3v) is 3.09. The summed E-state index contributed by atoms with van der Waals surface area (Å²) in [6.45, 7) is 2.87. The quantitative estimate of drug-likeness (QED) is 0.861. The van der Waals surface area contributed by atoms with Crippen LogP contribution in [0.5, 0.6) is 0 Å². The van der Waals surface area contributed by atoms with Crippen LogP contribution in [0.2, 0.25) is 0 Å². The third kappa shape index (κ3) is 2.77. The molecular formula is C16H18FN. The summed E-state index contributed by atoms with van der Waals surface area (Å²) < 4.78 is 13.4. The fourth-order valence-corrected chi connectivity index (χ4v) is 2.12. The zero-order valence-corrected chi connectivity index (χ0v) is 10.8. The van der Waals surface area contributed by atoms with Crippen LogP contribution in [-0.2, 0) is 13.0 Å². The molecule has 94 valence electrons. The Morgan fingerprint density at radius 3 is 2.67 bits per heavy atom. The summed E-state index contributed by atoms with van der Waals surface area (Å²) >= 11 is 0. The molecule has 0 aliphatic carbocycles. The van der Waals surface area contributed by atoms with E-state index in [1.165, 1.54) is 11.6 Å². The fourth-order valence-electron chi connectivity index (χ4n) is 2.12. The van der Waals surface area contributed by atoms with Crippen LogP contribution >= 0.6 is 0 Å². The predicted octanol–water partition coefficient (Wildman–Crippen LogP) is 3.77. The molecule has 2 aromatic rings. The molecule has 0 bridgehead atoms. The Kier molecular flexibility index (Phi) is 4.11. The monoisotopic (exact) mass is 243 g/mol. The van der Waals surface area contributed by atoms with Crippen molar-refractivity contribution in [3.8, 4) is 11.1 Å². The van der Waals surface area contributed by atoms with Gasteiger partial charge in [-0.25, -0.2) is 4.39 Å². The van der Waals surface area contributed by atoms with Gasteiger partial charge in [-0.05, 0) is 47.9 Å².